The SMILES string of the molecule is CCC1C(=O)NCCN1c1cc(C#N)ccc1C(C)O. The van der Waals surface area contributed by atoms with Crippen molar-refractivity contribution in [1.29, 1.82) is 5.26 Å². The molecule has 1 heterocycles. The fourth-order valence-corrected chi connectivity index (χ4v) is 2.62. The molecule has 1 aromatic rings. The van der Waals surface area contributed by atoms with Crippen LogP contribution in [0.15, 0.2) is 18.2 Å². The summed E-state index contributed by atoms with van der Waals surface area (Å²) >= 11 is 0. The third kappa shape index (κ3) is 2.61. The first-order valence-corrected chi connectivity index (χ1v) is 6.85. The van der Waals surface area contributed by atoms with Crippen molar-refractivity contribution in [3.8, 4) is 6.07 Å². The van der Waals surface area contributed by atoms with E-state index in [0.717, 1.165) is 11.3 Å². The van der Waals surface area contributed by atoms with Crippen LogP contribution in [-0.2, 0) is 4.79 Å². The lowest BCUT2D eigenvalue weighted by Crippen LogP contribution is -2.55. The average molecular weight is 273 g/mol. The highest BCUT2D eigenvalue weighted by molar-refractivity contribution is 5.87. The molecule has 0 bridgehead atoms. The van der Waals surface area contributed by atoms with Crippen LogP contribution in [0.4, 0.5) is 5.69 Å². The van der Waals surface area contributed by atoms with Crippen molar-refractivity contribution in [3.05, 3.63) is 29.3 Å². The van der Waals surface area contributed by atoms with Crippen LogP contribution in [0.3, 0.4) is 0 Å². The number of hydrogen-bond acceptors (Lipinski definition) is 4. The first kappa shape index (κ1) is 14.4. The number of nitrogens with one attached hydrogen (secondary N) is 1. The van der Waals surface area contributed by atoms with E-state index in [-0.39, 0.29) is 11.9 Å². The van der Waals surface area contributed by atoms with Crippen molar-refractivity contribution in [2.75, 3.05) is 18.0 Å². The van der Waals surface area contributed by atoms with Crippen LogP contribution in [-0.4, -0.2) is 30.1 Å². The van der Waals surface area contributed by atoms with Crippen LogP contribution in [0.1, 0.15) is 37.5 Å². The summed E-state index contributed by atoms with van der Waals surface area (Å²) in [5.41, 5.74) is 2.06. The van der Waals surface area contributed by atoms with E-state index in [1.54, 1.807) is 25.1 Å². The number of carbonyl (C=O) groups is 1. The van der Waals surface area contributed by atoms with E-state index in [4.69, 9.17) is 5.26 Å². The summed E-state index contributed by atoms with van der Waals surface area (Å²) in [5.74, 6) is -0.00217. The van der Waals surface area contributed by atoms with Gasteiger partial charge in [0, 0.05) is 24.3 Å². The van der Waals surface area contributed by atoms with Crippen LogP contribution in [0.2, 0.25) is 0 Å². The number of aliphatic hydroxyl groups is 1. The molecular formula is C15H19N3O2. The van der Waals surface area contributed by atoms with E-state index >= 15 is 0 Å². The molecule has 1 amide bonds. The number of benzene rings is 1. The molecule has 2 N–H and O–H groups in total. The molecule has 20 heavy (non-hydrogen) atoms. The molecule has 0 radical (unpaired) electrons. The molecular weight excluding hydrogens is 254 g/mol. The Hall–Kier alpha value is -2.06. The lowest BCUT2D eigenvalue weighted by Gasteiger charge is -2.37. The third-order valence-electron chi connectivity index (χ3n) is 3.64. The number of carbonyl (C=O) groups excluding carboxylic acids is 1. The molecule has 106 valence electrons. The summed E-state index contributed by atoms with van der Waals surface area (Å²) in [4.78, 5) is 14.0. The minimum Gasteiger partial charge on any atom is -0.389 e. The number of rotatable bonds is 3. The van der Waals surface area contributed by atoms with Gasteiger partial charge in [0.1, 0.15) is 6.04 Å². The zero-order chi connectivity index (χ0) is 14.7. The summed E-state index contributed by atoms with van der Waals surface area (Å²) in [6, 6.07) is 7.06. The molecule has 5 nitrogen and oxygen atoms in total. The Bertz CT molecular complexity index is 549. The van der Waals surface area contributed by atoms with Gasteiger partial charge in [-0.05, 0) is 25.5 Å². The summed E-state index contributed by atoms with van der Waals surface area (Å²) in [7, 11) is 0. The summed E-state index contributed by atoms with van der Waals surface area (Å²) in [5, 5.41) is 21.8. The van der Waals surface area contributed by atoms with Gasteiger partial charge in [0.2, 0.25) is 5.91 Å². The fraction of sp³-hybridized carbons (Fsp3) is 0.467. The quantitative estimate of drug-likeness (QED) is 0.871. The van der Waals surface area contributed by atoms with E-state index in [0.29, 0.717) is 25.1 Å². The number of nitriles is 1. The topological polar surface area (TPSA) is 76.4 Å². The monoisotopic (exact) mass is 273 g/mol. The third-order valence-corrected chi connectivity index (χ3v) is 3.64. The summed E-state index contributed by atoms with van der Waals surface area (Å²) in [6.07, 6.45) is 0.0437. The second kappa shape index (κ2) is 5.93. The van der Waals surface area contributed by atoms with E-state index in [9.17, 15) is 9.90 Å². The standard InChI is InChI=1S/C15H19N3O2/c1-3-13-15(20)17-6-7-18(13)14-8-11(9-16)4-5-12(14)10(2)19/h4-5,8,10,13,19H,3,6-7H2,1-2H3,(H,17,20). The molecule has 0 saturated carbocycles. The number of amides is 1. The Balaban J connectivity index is 2.48. The van der Waals surface area contributed by atoms with Gasteiger partial charge in [-0.1, -0.05) is 13.0 Å². The van der Waals surface area contributed by atoms with Crippen molar-refractivity contribution in [2.24, 2.45) is 0 Å². The summed E-state index contributed by atoms with van der Waals surface area (Å²) < 4.78 is 0. The van der Waals surface area contributed by atoms with Gasteiger partial charge in [0.05, 0.1) is 17.7 Å². The lowest BCUT2D eigenvalue weighted by molar-refractivity contribution is -0.123. The molecule has 0 aromatic heterocycles. The number of aliphatic hydroxyl groups excluding tert-OH is 1. The van der Waals surface area contributed by atoms with Crippen molar-refractivity contribution < 1.29 is 9.90 Å². The van der Waals surface area contributed by atoms with E-state index < -0.39 is 6.10 Å². The molecule has 1 aromatic carbocycles. The Kier molecular flexibility index (Phi) is 4.26. The summed E-state index contributed by atoms with van der Waals surface area (Å²) in [6.45, 7) is 4.90. The largest absolute Gasteiger partial charge is 0.389 e. The number of anilines is 1. The van der Waals surface area contributed by atoms with Crippen molar-refractivity contribution in [2.45, 2.75) is 32.4 Å². The molecule has 0 aliphatic carbocycles. The van der Waals surface area contributed by atoms with Crippen molar-refractivity contribution >= 4 is 11.6 Å². The van der Waals surface area contributed by atoms with Gasteiger partial charge >= 0.3 is 0 Å². The van der Waals surface area contributed by atoms with Crippen LogP contribution in [0, 0.1) is 11.3 Å². The van der Waals surface area contributed by atoms with Crippen LogP contribution in [0.5, 0.6) is 0 Å². The maximum atomic E-state index is 12.0. The van der Waals surface area contributed by atoms with Gasteiger partial charge in [0.25, 0.3) is 0 Å². The minimum atomic E-state index is -0.639. The molecule has 5 heteroatoms. The van der Waals surface area contributed by atoms with Gasteiger partial charge in [-0.3, -0.25) is 4.79 Å². The van der Waals surface area contributed by atoms with E-state index in [1.807, 2.05) is 11.8 Å². The molecule has 0 spiro atoms. The molecule has 1 aliphatic heterocycles. The second-order valence-corrected chi connectivity index (χ2v) is 4.97. The van der Waals surface area contributed by atoms with Gasteiger partial charge in [-0.15, -0.1) is 0 Å². The predicted molar refractivity (Wildman–Crippen MR) is 76.2 cm³/mol. The maximum Gasteiger partial charge on any atom is 0.242 e. The van der Waals surface area contributed by atoms with Gasteiger partial charge in [-0.25, -0.2) is 0 Å². The first-order chi connectivity index (χ1) is 9.58. The lowest BCUT2D eigenvalue weighted by atomic mass is 10.0. The number of nitrogens with zero attached hydrogens (tertiary/aromatic N) is 2. The molecule has 1 aliphatic rings. The zero-order valence-electron chi connectivity index (χ0n) is 11.8. The second-order valence-electron chi connectivity index (χ2n) is 4.97. The fourth-order valence-electron chi connectivity index (χ4n) is 2.62. The Morgan fingerprint density at radius 1 is 1.60 bits per heavy atom. The predicted octanol–water partition coefficient (Wildman–Crippen LogP) is 1.33. The molecule has 2 unspecified atom stereocenters. The van der Waals surface area contributed by atoms with Crippen LogP contribution >= 0.6 is 0 Å². The molecule has 1 fully saturated rings. The van der Waals surface area contributed by atoms with E-state index in [1.165, 1.54) is 0 Å². The number of piperazine rings is 1. The smallest absolute Gasteiger partial charge is 0.242 e. The van der Waals surface area contributed by atoms with Gasteiger partial charge in [-0.2, -0.15) is 5.26 Å². The normalized spacial score (nSPS) is 20.2. The molecule has 1 saturated heterocycles. The Morgan fingerprint density at radius 3 is 2.95 bits per heavy atom. The highest BCUT2D eigenvalue weighted by Gasteiger charge is 2.30. The molecule has 2 rings (SSSR count). The first-order valence-electron chi connectivity index (χ1n) is 6.85. The Morgan fingerprint density at radius 2 is 2.35 bits per heavy atom. The Labute approximate surface area is 118 Å². The minimum absolute atomic E-state index is 0.00217. The average Bonchev–Trinajstić information content (AvgIpc) is 2.46. The van der Waals surface area contributed by atoms with Crippen LogP contribution in [0.25, 0.3) is 0 Å². The van der Waals surface area contributed by atoms with E-state index in [2.05, 4.69) is 11.4 Å². The van der Waals surface area contributed by atoms with Crippen molar-refractivity contribution in [3.63, 3.8) is 0 Å². The molecule has 2 atom stereocenters. The van der Waals surface area contributed by atoms with Gasteiger partial charge < -0.3 is 15.3 Å². The van der Waals surface area contributed by atoms with Gasteiger partial charge in [0.15, 0.2) is 0 Å². The zero-order valence-corrected chi connectivity index (χ0v) is 11.8. The highest BCUT2D eigenvalue weighted by Crippen LogP contribution is 2.30. The highest BCUT2D eigenvalue weighted by atomic mass is 16.3. The maximum absolute atomic E-state index is 12.0. The number of hydrogen-bond donors (Lipinski definition) is 2. The van der Waals surface area contributed by atoms with Crippen molar-refractivity contribution in [1.82, 2.24) is 5.32 Å². The van der Waals surface area contributed by atoms with Crippen LogP contribution < -0.4 is 10.2 Å².